The second kappa shape index (κ2) is 9.41. The summed E-state index contributed by atoms with van der Waals surface area (Å²) in [6.45, 7) is 0.789. The highest BCUT2D eigenvalue weighted by Crippen LogP contribution is 2.28. The molecule has 1 N–H and O–H groups in total. The van der Waals surface area contributed by atoms with Crippen LogP contribution in [0.2, 0.25) is 15.1 Å². The number of nitrogens with zero attached hydrogens (tertiary/aromatic N) is 1. The fourth-order valence-electron chi connectivity index (χ4n) is 1.73. The first-order chi connectivity index (χ1) is 12.3. The molecule has 26 heavy (non-hydrogen) atoms. The minimum Gasteiger partial charge on any atom is -0.481 e. The summed E-state index contributed by atoms with van der Waals surface area (Å²) in [7, 11) is 0. The van der Waals surface area contributed by atoms with Crippen LogP contribution in [0.15, 0.2) is 28.7 Å². The number of aryl methyl sites for hydroxylation is 1. The summed E-state index contributed by atoms with van der Waals surface area (Å²) in [6, 6.07) is 6.31. The van der Waals surface area contributed by atoms with E-state index in [1.54, 1.807) is 25.1 Å². The summed E-state index contributed by atoms with van der Waals surface area (Å²) in [5.41, 5.74) is 0.505. The van der Waals surface area contributed by atoms with Gasteiger partial charge in [0.1, 0.15) is 5.75 Å². The second-order valence-corrected chi connectivity index (χ2v) is 7.06. The van der Waals surface area contributed by atoms with Crippen molar-refractivity contribution in [3.8, 4) is 5.75 Å². The first-order valence-electron chi connectivity index (χ1n) is 7.12. The van der Waals surface area contributed by atoms with Crippen LogP contribution in [-0.2, 0) is 14.3 Å². The van der Waals surface area contributed by atoms with Gasteiger partial charge in [0.25, 0.3) is 5.91 Å². The van der Waals surface area contributed by atoms with Crippen LogP contribution < -0.4 is 10.1 Å². The van der Waals surface area contributed by atoms with Gasteiger partial charge in [-0.15, -0.1) is 0 Å². The minimum absolute atomic E-state index is 0.135. The standard InChI is InChI=1S/C16H12BrCl3N2O4/c1-8-11(19)5-12(20)16(21-8)22-14(23)6-26-15(24)7-25-13-3-2-9(18)4-10(13)17/h2-5H,6-7H2,1H3,(H,21,22,23). The van der Waals surface area contributed by atoms with Crippen molar-refractivity contribution in [3.63, 3.8) is 0 Å². The maximum Gasteiger partial charge on any atom is 0.344 e. The monoisotopic (exact) mass is 480 g/mol. The summed E-state index contributed by atoms with van der Waals surface area (Å²) in [4.78, 5) is 27.6. The van der Waals surface area contributed by atoms with Gasteiger partial charge in [0.15, 0.2) is 19.0 Å². The minimum atomic E-state index is -0.714. The summed E-state index contributed by atoms with van der Waals surface area (Å²) in [5.74, 6) is -0.755. The van der Waals surface area contributed by atoms with E-state index >= 15 is 0 Å². The molecule has 2 rings (SSSR count). The number of pyridine rings is 1. The highest BCUT2D eigenvalue weighted by atomic mass is 79.9. The predicted octanol–water partition coefficient (Wildman–Crippen LogP) is 4.67. The number of ether oxygens (including phenoxy) is 2. The van der Waals surface area contributed by atoms with Gasteiger partial charge in [-0.05, 0) is 47.1 Å². The Hall–Kier alpha value is -1.54. The molecule has 1 aromatic carbocycles. The molecule has 0 saturated carbocycles. The van der Waals surface area contributed by atoms with E-state index in [2.05, 4.69) is 26.2 Å². The number of hydrogen-bond acceptors (Lipinski definition) is 5. The largest absolute Gasteiger partial charge is 0.481 e. The van der Waals surface area contributed by atoms with E-state index in [-0.39, 0.29) is 17.4 Å². The van der Waals surface area contributed by atoms with Crippen molar-refractivity contribution in [2.75, 3.05) is 18.5 Å². The Kier molecular flexibility index (Phi) is 7.52. The van der Waals surface area contributed by atoms with E-state index in [4.69, 9.17) is 44.3 Å². The van der Waals surface area contributed by atoms with Crippen LogP contribution in [0.1, 0.15) is 5.69 Å². The SMILES string of the molecule is Cc1nc(NC(=O)COC(=O)COc2ccc(Cl)cc2Br)c(Cl)cc1Cl. The van der Waals surface area contributed by atoms with Gasteiger partial charge in [-0.2, -0.15) is 0 Å². The summed E-state index contributed by atoms with van der Waals surface area (Å²) >= 11 is 20.9. The number of benzene rings is 1. The van der Waals surface area contributed by atoms with Crippen molar-refractivity contribution >= 4 is 68.4 Å². The fourth-order valence-corrected chi connectivity index (χ4v) is 2.93. The first kappa shape index (κ1) is 20.8. The lowest BCUT2D eigenvalue weighted by molar-refractivity contribution is -0.149. The number of aromatic nitrogens is 1. The van der Waals surface area contributed by atoms with Crippen LogP contribution in [0.4, 0.5) is 5.82 Å². The van der Waals surface area contributed by atoms with Gasteiger partial charge in [0.05, 0.1) is 20.2 Å². The Bertz CT molecular complexity index is 848. The molecule has 0 spiro atoms. The maximum absolute atomic E-state index is 11.8. The molecule has 1 aromatic heterocycles. The maximum atomic E-state index is 11.8. The number of amides is 1. The third kappa shape index (κ3) is 6.02. The second-order valence-electron chi connectivity index (χ2n) is 4.96. The lowest BCUT2D eigenvalue weighted by Crippen LogP contribution is -2.24. The van der Waals surface area contributed by atoms with Gasteiger partial charge in [-0.25, -0.2) is 9.78 Å². The molecule has 138 valence electrons. The van der Waals surface area contributed by atoms with Crippen LogP contribution >= 0.6 is 50.7 Å². The first-order valence-corrected chi connectivity index (χ1v) is 9.05. The molecule has 0 bridgehead atoms. The van der Waals surface area contributed by atoms with Gasteiger partial charge in [-0.3, -0.25) is 4.79 Å². The average Bonchev–Trinajstić information content (AvgIpc) is 2.57. The molecule has 2 aromatic rings. The van der Waals surface area contributed by atoms with Crippen molar-refractivity contribution in [3.05, 3.63) is 49.5 Å². The zero-order valence-corrected chi connectivity index (χ0v) is 17.2. The molecule has 0 aliphatic heterocycles. The van der Waals surface area contributed by atoms with E-state index in [9.17, 15) is 9.59 Å². The number of nitrogens with one attached hydrogen (secondary N) is 1. The molecule has 10 heteroatoms. The van der Waals surface area contributed by atoms with E-state index in [0.29, 0.717) is 26.0 Å². The Morgan fingerprint density at radius 2 is 1.88 bits per heavy atom. The number of esters is 1. The molecule has 0 unspecified atom stereocenters. The quantitative estimate of drug-likeness (QED) is 0.606. The lowest BCUT2D eigenvalue weighted by Gasteiger charge is -2.10. The molecule has 0 atom stereocenters. The number of carbonyl (C=O) groups is 2. The third-order valence-corrected chi connectivity index (χ3v) is 4.49. The number of hydrogen-bond donors (Lipinski definition) is 1. The van der Waals surface area contributed by atoms with Crippen molar-refractivity contribution in [2.24, 2.45) is 0 Å². The molecule has 1 heterocycles. The highest BCUT2D eigenvalue weighted by Gasteiger charge is 2.13. The number of halogens is 4. The van der Waals surface area contributed by atoms with E-state index in [1.807, 2.05) is 0 Å². The lowest BCUT2D eigenvalue weighted by atomic mass is 10.3. The topological polar surface area (TPSA) is 77.5 Å². The molecule has 0 saturated heterocycles. The van der Waals surface area contributed by atoms with Gasteiger partial charge in [0.2, 0.25) is 0 Å². The molecular weight excluding hydrogens is 470 g/mol. The smallest absolute Gasteiger partial charge is 0.344 e. The zero-order valence-electron chi connectivity index (χ0n) is 13.3. The van der Waals surface area contributed by atoms with E-state index < -0.39 is 18.5 Å². The molecule has 6 nitrogen and oxygen atoms in total. The van der Waals surface area contributed by atoms with Crippen molar-refractivity contribution < 1.29 is 19.1 Å². The molecule has 0 fully saturated rings. The Morgan fingerprint density at radius 1 is 1.15 bits per heavy atom. The molecule has 0 aliphatic rings. The zero-order chi connectivity index (χ0) is 19.3. The Balaban J connectivity index is 1.81. The highest BCUT2D eigenvalue weighted by molar-refractivity contribution is 9.10. The third-order valence-electron chi connectivity index (χ3n) is 2.97. The van der Waals surface area contributed by atoms with Crippen molar-refractivity contribution in [2.45, 2.75) is 6.92 Å². The van der Waals surface area contributed by atoms with Crippen molar-refractivity contribution in [1.29, 1.82) is 0 Å². The molecular formula is C16H12BrCl3N2O4. The number of carbonyl (C=O) groups excluding carboxylic acids is 2. The van der Waals surface area contributed by atoms with Crippen LogP contribution in [0, 0.1) is 6.92 Å². The summed E-state index contributed by atoms with van der Waals surface area (Å²) < 4.78 is 10.7. The number of rotatable bonds is 6. The Labute approximate surface area is 172 Å². The van der Waals surface area contributed by atoms with E-state index in [1.165, 1.54) is 6.07 Å². The molecule has 1 amide bonds. The van der Waals surface area contributed by atoms with Gasteiger partial charge in [0, 0.05) is 5.02 Å². The normalized spacial score (nSPS) is 10.3. The summed E-state index contributed by atoms with van der Waals surface area (Å²) in [6.07, 6.45) is 0. The predicted molar refractivity (Wildman–Crippen MR) is 103 cm³/mol. The van der Waals surface area contributed by atoms with Gasteiger partial charge in [-0.1, -0.05) is 34.8 Å². The van der Waals surface area contributed by atoms with E-state index in [0.717, 1.165) is 0 Å². The fraction of sp³-hybridized carbons (Fsp3) is 0.188. The Morgan fingerprint density at radius 3 is 2.58 bits per heavy atom. The van der Waals surface area contributed by atoms with Crippen LogP contribution in [-0.4, -0.2) is 30.1 Å². The van der Waals surface area contributed by atoms with Crippen LogP contribution in [0.3, 0.4) is 0 Å². The van der Waals surface area contributed by atoms with Crippen LogP contribution in [0.25, 0.3) is 0 Å². The van der Waals surface area contributed by atoms with Crippen molar-refractivity contribution in [1.82, 2.24) is 4.98 Å². The number of anilines is 1. The molecule has 0 aliphatic carbocycles. The molecule has 0 radical (unpaired) electrons. The average molecular weight is 483 g/mol. The summed E-state index contributed by atoms with van der Waals surface area (Å²) in [5, 5.41) is 3.52. The van der Waals surface area contributed by atoms with Crippen LogP contribution in [0.5, 0.6) is 5.75 Å². The van der Waals surface area contributed by atoms with Gasteiger partial charge < -0.3 is 14.8 Å². The van der Waals surface area contributed by atoms with Gasteiger partial charge >= 0.3 is 5.97 Å².